The first kappa shape index (κ1) is 20.1. The molecule has 0 saturated heterocycles. The van der Waals surface area contributed by atoms with Crippen molar-refractivity contribution >= 4 is 23.3 Å². The SMILES string of the molecule is Cc1nn(-c2ccc(Cl)cc2)c(NC(=O)C(C)Cc2c(C)nn(C)c2C)c1C. The number of amides is 1. The molecule has 0 fully saturated rings. The van der Waals surface area contributed by atoms with E-state index in [-0.39, 0.29) is 11.8 Å². The number of hydrogen-bond donors (Lipinski definition) is 1. The fourth-order valence-electron chi connectivity index (χ4n) is 3.27. The van der Waals surface area contributed by atoms with Crippen molar-refractivity contribution in [2.45, 2.75) is 41.0 Å². The molecule has 1 atom stereocenters. The lowest BCUT2D eigenvalue weighted by atomic mass is 9.99. The second-order valence-electron chi connectivity index (χ2n) is 7.31. The third-order valence-electron chi connectivity index (χ3n) is 5.29. The van der Waals surface area contributed by atoms with Crippen LogP contribution in [0.1, 0.15) is 35.1 Å². The van der Waals surface area contributed by atoms with Gasteiger partial charge in [-0.2, -0.15) is 10.2 Å². The molecule has 3 rings (SSSR count). The molecule has 148 valence electrons. The van der Waals surface area contributed by atoms with Crippen molar-refractivity contribution in [1.29, 1.82) is 0 Å². The topological polar surface area (TPSA) is 64.7 Å². The molecule has 1 N–H and O–H groups in total. The molecule has 0 radical (unpaired) electrons. The van der Waals surface area contributed by atoms with Gasteiger partial charge in [0.15, 0.2) is 0 Å². The van der Waals surface area contributed by atoms with E-state index in [4.69, 9.17) is 11.6 Å². The highest BCUT2D eigenvalue weighted by molar-refractivity contribution is 6.30. The summed E-state index contributed by atoms with van der Waals surface area (Å²) >= 11 is 6.00. The molecule has 0 spiro atoms. The van der Waals surface area contributed by atoms with Gasteiger partial charge in [0.1, 0.15) is 5.82 Å². The molecular weight excluding hydrogens is 374 g/mol. The molecule has 2 heterocycles. The van der Waals surface area contributed by atoms with E-state index < -0.39 is 0 Å². The maximum atomic E-state index is 12.9. The van der Waals surface area contributed by atoms with E-state index in [0.29, 0.717) is 17.3 Å². The molecule has 1 aromatic carbocycles. The van der Waals surface area contributed by atoms with Crippen molar-refractivity contribution in [3.8, 4) is 5.69 Å². The highest BCUT2D eigenvalue weighted by Gasteiger charge is 2.22. The smallest absolute Gasteiger partial charge is 0.228 e. The predicted octanol–water partition coefficient (Wildman–Crippen LogP) is 4.31. The summed E-state index contributed by atoms with van der Waals surface area (Å²) in [6.45, 7) is 9.85. The van der Waals surface area contributed by atoms with Crippen LogP contribution in [-0.2, 0) is 18.3 Å². The zero-order chi connectivity index (χ0) is 20.6. The number of carbonyl (C=O) groups is 1. The average Bonchev–Trinajstić information content (AvgIpc) is 3.06. The van der Waals surface area contributed by atoms with Crippen LogP contribution in [0.4, 0.5) is 5.82 Å². The average molecular weight is 400 g/mol. The van der Waals surface area contributed by atoms with Gasteiger partial charge in [0, 0.05) is 29.2 Å². The fraction of sp³-hybridized carbons (Fsp3) is 0.381. The number of aryl methyl sites for hydroxylation is 3. The van der Waals surface area contributed by atoms with Crippen LogP contribution in [0, 0.1) is 33.6 Å². The van der Waals surface area contributed by atoms with Crippen molar-refractivity contribution in [3.05, 3.63) is 57.5 Å². The Bertz CT molecular complexity index is 1020. The fourth-order valence-corrected chi connectivity index (χ4v) is 3.40. The summed E-state index contributed by atoms with van der Waals surface area (Å²) in [5.74, 6) is 0.451. The highest BCUT2D eigenvalue weighted by atomic mass is 35.5. The summed E-state index contributed by atoms with van der Waals surface area (Å²) in [4.78, 5) is 12.9. The predicted molar refractivity (Wildman–Crippen MR) is 112 cm³/mol. The van der Waals surface area contributed by atoms with Crippen molar-refractivity contribution in [1.82, 2.24) is 19.6 Å². The number of nitrogens with one attached hydrogen (secondary N) is 1. The number of nitrogens with zero attached hydrogens (tertiary/aromatic N) is 4. The van der Waals surface area contributed by atoms with E-state index >= 15 is 0 Å². The Kier molecular flexibility index (Phi) is 5.61. The van der Waals surface area contributed by atoms with Gasteiger partial charge in [-0.1, -0.05) is 18.5 Å². The van der Waals surface area contributed by atoms with Gasteiger partial charge in [-0.3, -0.25) is 9.48 Å². The largest absolute Gasteiger partial charge is 0.310 e. The summed E-state index contributed by atoms with van der Waals surface area (Å²) in [5, 5.41) is 12.8. The van der Waals surface area contributed by atoms with Gasteiger partial charge in [-0.15, -0.1) is 0 Å². The van der Waals surface area contributed by atoms with Crippen LogP contribution in [0.5, 0.6) is 0 Å². The van der Waals surface area contributed by atoms with Gasteiger partial charge < -0.3 is 5.32 Å². The minimum atomic E-state index is -0.199. The van der Waals surface area contributed by atoms with E-state index in [0.717, 1.165) is 33.9 Å². The van der Waals surface area contributed by atoms with Crippen LogP contribution in [0.25, 0.3) is 5.69 Å². The second-order valence-corrected chi connectivity index (χ2v) is 7.75. The lowest BCUT2D eigenvalue weighted by molar-refractivity contribution is -0.119. The molecule has 2 aromatic heterocycles. The molecule has 0 aliphatic heterocycles. The molecule has 0 bridgehead atoms. The number of hydrogen-bond acceptors (Lipinski definition) is 3. The molecule has 1 unspecified atom stereocenters. The Hall–Kier alpha value is -2.60. The highest BCUT2D eigenvalue weighted by Crippen LogP contribution is 2.25. The molecule has 6 nitrogen and oxygen atoms in total. The Balaban J connectivity index is 1.84. The molecule has 1 amide bonds. The monoisotopic (exact) mass is 399 g/mol. The van der Waals surface area contributed by atoms with Gasteiger partial charge in [-0.05, 0) is 63.9 Å². The molecule has 3 aromatic rings. The number of carbonyl (C=O) groups excluding carboxylic acids is 1. The minimum absolute atomic E-state index is 0.0409. The quantitative estimate of drug-likeness (QED) is 0.695. The summed E-state index contributed by atoms with van der Waals surface area (Å²) < 4.78 is 3.62. The second kappa shape index (κ2) is 7.80. The normalized spacial score (nSPS) is 12.2. The number of rotatable bonds is 5. The van der Waals surface area contributed by atoms with Crippen LogP contribution >= 0.6 is 11.6 Å². The number of halogens is 1. The Morgan fingerprint density at radius 3 is 2.32 bits per heavy atom. The first-order valence-corrected chi connectivity index (χ1v) is 9.69. The van der Waals surface area contributed by atoms with Crippen LogP contribution in [-0.4, -0.2) is 25.5 Å². The van der Waals surface area contributed by atoms with E-state index in [2.05, 4.69) is 15.5 Å². The lowest BCUT2D eigenvalue weighted by Crippen LogP contribution is -2.24. The first-order valence-electron chi connectivity index (χ1n) is 9.31. The Morgan fingerprint density at radius 1 is 1.11 bits per heavy atom. The van der Waals surface area contributed by atoms with Crippen molar-refractivity contribution in [3.63, 3.8) is 0 Å². The minimum Gasteiger partial charge on any atom is -0.310 e. The molecular formula is C21H26ClN5O. The summed E-state index contributed by atoms with van der Waals surface area (Å²) in [5.41, 5.74) is 5.86. The van der Waals surface area contributed by atoms with Crippen molar-refractivity contribution in [2.24, 2.45) is 13.0 Å². The standard InChI is InChI=1S/C21H26ClN5O/c1-12(11-19-15(4)24-26(6)16(19)5)21(28)23-20-13(2)14(3)25-27(20)18-9-7-17(22)8-10-18/h7-10,12H,11H2,1-6H3,(H,23,28). The van der Waals surface area contributed by atoms with E-state index in [1.165, 1.54) is 0 Å². The van der Waals surface area contributed by atoms with Gasteiger partial charge in [-0.25, -0.2) is 4.68 Å². The van der Waals surface area contributed by atoms with Gasteiger partial charge in [0.25, 0.3) is 0 Å². The number of aromatic nitrogens is 4. The Morgan fingerprint density at radius 2 is 1.75 bits per heavy atom. The van der Waals surface area contributed by atoms with Crippen molar-refractivity contribution < 1.29 is 4.79 Å². The lowest BCUT2D eigenvalue weighted by Gasteiger charge is -2.15. The molecule has 7 heteroatoms. The zero-order valence-corrected chi connectivity index (χ0v) is 17.9. The Labute approximate surface area is 170 Å². The molecule has 0 aliphatic carbocycles. The number of anilines is 1. The van der Waals surface area contributed by atoms with E-state index in [9.17, 15) is 4.79 Å². The number of benzene rings is 1. The third kappa shape index (κ3) is 3.83. The van der Waals surface area contributed by atoms with Crippen LogP contribution in [0.15, 0.2) is 24.3 Å². The molecule has 0 aliphatic rings. The van der Waals surface area contributed by atoms with E-state index in [1.807, 2.05) is 70.6 Å². The summed E-state index contributed by atoms with van der Waals surface area (Å²) in [6.07, 6.45) is 0.643. The first-order chi connectivity index (χ1) is 13.2. The van der Waals surface area contributed by atoms with Crippen molar-refractivity contribution in [2.75, 3.05) is 5.32 Å². The van der Waals surface area contributed by atoms with Gasteiger partial charge in [0.2, 0.25) is 5.91 Å². The third-order valence-corrected chi connectivity index (χ3v) is 5.54. The maximum Gasteiger partial charge on any atom is 0.228 e. The molecule has 28 heavy (non-hydrogen) atoms. The summed E-state index contributed by atoms with van der Waals surface area (Å²) in [6, 6.07) is 7.39. The summed E-state index contributed by atoms with van der Waals surface area (Å²) in [7, 11) is 1.92. The van der Waals surface area contributed by atoms with Crippen LogP contribution in [0.3, 0.4) is 0 Å². The van der Waals surface area contributed by atoms with Crippen LogP contribution in [0.2, 0.25) is 5.02 Å². The zero-order valence-electron chi connectivity index (χ0n) is 17.2. The van der Waals surface area contributed by atoms with Gasteiger partial charge in [0.05, 0.1) is 17.1 Å². The van der Waals surface area contributed by atoms with E-state index in [1.54, 1.807) is 4.68 Å². The van der Waals surface area contributed by atoms with Crippen LogP contribution < -0.4 is 5.32 Å². The molecule has 0 saturated carbocycles. The maximum absolute atomic E-state index is 12.9. The van der Waals surface area contributed by atoms with Gasteiger partial charge >= 0.3 is 0 Å².